The number of carbonyl (C=O) groups excluding carboxylic acids is 2. The van der Waals surface area contributed by atoms with Crippen LogP contribution in [0.25, 0.3) is 0 Å². The Morgan fingerprint density at radius 3 is 2.29 bits per heavy atom. The molecular weight excluding hydrogens is 302 g/mol. The van der Waals surface area contributed by atoms with Gasteiger partial charge in [-0.25, -0.2) is 4.98 Å². The van der Waals surface area contributed by atoms with Gasteiger partial charge in [-0.15, -0.1) is 0 Å². The monoisotopic (exact) mass is 325 g/mol. The largest absolute Gasteiger partial charge is 0.349 e. The summed E-state index contributed by atoms with van der Waals surface area (Å²) in [4.78, 5) is 28.7. The maximum absolute atomic E-state index is 12.5. The van der Waals surface area contributed by atoms with E-state index < -0.39 is 0 Å². The quantitative estimate of drug-likeness (QED) is 0.885. The van der Waals surface area contributed by atoms with Crippen molar-refractivity contribution in [2.75, 3.05) is 5.32 Å². The molecule has 5 heteroatoms. The van der Waals surface area contributed by atoms with E-state index in [1.54, 1.807) is 18.2 Å². The summed E-state index contributed by atoms with van der Waals surface area (Å²) >= 11 is 0. The Bertz CT molecular complexity index is 754. The number of anilines is 1. The molecule has 5 nitrogen and oxygen atoms in total. The average Bonchev–Trinajstić information content (AvgIpc) is 2.56. The van der Waals surface area contributed by atoms with Gasteiger partial charge in [0.25, 0.3) is 11.8 Å². The number of carbonyl (C=O) groups is 2. The Labute approximate surface area is 142 Å². The van der Waals surface area contributed by atoms with Crippen LogP contribution in [-0.2, 0) is 6.42 Å². The molecule has 0 saturated heterocycles. The highest BCUT2D eigenvalue weighted by Gasteiger charge is 2.15. The molecular formula is C19H23N3O2. The third-order valence-electron chi connectivity index (χ3n) is 3.61. The second-order valence-electron chi connectivity index (χ2n) is 5.95. The smallest absolute Gasteiger partial charge is 0.274 e. The molecule has 0 spiro atoms. The summed E-state index contributed by atoms with van der Waals surface area (Å²) in [7, 11) is 0. The lowest BCUT2D eigenvalue weighted by atomic mass is 10.1. The molecule has 0 bridgehead atoms. The molecule has 2 rings (SSSR count). The first-order valence-electron chi connectivity index (χ1n) is 8.10. The zero-order valence-electron chi connectivity index (χ0n) is 14.5. The van der Waals surface area contributed by atoms with Gasteiger partial charge < -0.3 is 10.6 Å². The summed E-state index contributed by atoms with van der Waals surface area (Å²) in [5.74, 6) is -0.608. The molecule has 126 valence electrons. The maximum atomic E-state index is 12.5. The number of hydrogen-bond donors (Lipinski definition) is 2. The van der Waals surface area contributed by atoms with Crippen molar-refractivity contribution in [3.05, 3.63) is 58.9 Å². The number of pyridine rings is 1. The normalized spacial score (nSPS) is 10.5. The molecule has 2 aromatic rings. The van der Waals surface area contributed by atoms with Crippen LogP contribution in [-0.4, -0.2) is 22.8 Å². The van der Waals surface area contributed by atoms with Crippen LogP contribution < -0.4 is 10.6 Å². The van der Waals surface area contributed by atoms with Crippen molar-refractivity contribution in [2.45, 2.75) is 40.2 Å². The number of nitrogens with one attached hydrogen (secondary N) is 2. The van der Waals surface area contributed by atoms with Crippen molar-refractivity contribution in [3.63, 3.8) is 0 Å². The maximum Gasteiger partial charge on any atom is 0.274 e. The summed E-state index contributed by atoms with van der Waals surface area (Å²) in [5, 5.41) is 5.69. The van der Waals surface area contributed by atoms with E-state index in [0.29, 0.717) is 0 Å². The number of hydrogen-bond acceptors (Lipinski definition) is 3. The highest BCUT2D eigenvalue weighted by atomic mass is 16.2. The third kappa shape index (κ3) is 4.19. The molecule has 24 heavy (non-hydrogen) atoms. The van der Waals surface area contributed by atoms with Crippen molar-refractivity contribution in [1.29, 1.82) is 0 Å². The molecule has 0 aliphatic heterocycles. The number of aromatic nitrogens is 1. The first kappa shape index (κ1) is 17.7. The van der Waals surface area contributed by atoms with Gasteiger partial charge in [-0.1, -0.05) is 31.2 Å². The van der Waals surface area contributed by atoms with Crippen LogP contribution >= 0.6 is 0 Å². The Morgan fingerprint density at radius 2 is 1.67 bits per heavy atom. The van der Waals surface area contributed by atoms with Crippen LogP contribution in [0.15, 0.2) is 36.4 Å². The Hall–Kier alpha value is -2.69. The second kappa shape index (κ2) is 7.73. The number of aryl methyl sites for hydroxylation is 2. The van der Waals surface area contributed by atoms with Crippen molar-refractivity contribution >= 4 is 17.5 Å². The Balaban J connectivity index is 2.24. The minimum absolute atomic E-state index is 0.0101. The van der Waals surface area contributed by atoms with E-state index in [9.17, 15) is 9.59 Å². The van der Waals surface area contributed by atoms with Crippen LogP contribution in [0.5, 0.6) is 0 Å². The topological polar surface area (TPSA) is 71.1 Å². The van der Waals surface area contributed by atoms with Gasteiger partial charge in [0.15, 0.2) is 0 Å². The predicted octanol–water partition coefficient (Wildman–Crippen LogP) is 3.34. The van der Waals surface area contributed by atoms with Crippen LogP contribution in [0.4, 0.5) is 5.69 Å². The molecule has 1 aromatic carbocycles. The average molecular weight is 325 g/mol. The second-order valence-corrected chi connectivity index (χ2v) is 5.95. The van der Waals surface area contributed by atoms with Crippen molar-refractivity contribution < 1.29 is 9.59 Å². The summed E-state index contributed by atoms with van der Waals surface area (Å²) < 4.78 is 0. The molecule has 0 aliphatic rings. The zero-order valence-corrected chi connectivity index (χ0v) is 14.5. The van der Waals surface area contributed by atoms with E-state index in [1.165, 1.54) is 0 Å². The number of rotatable bonds is 5. The fraction of sp³-hybridized carbons (Fsp3) is 0.316. The number of benzene rings is 1. The van der Waals surface area contributed by atoms with Crippen LogP contribution in [0.2, 0.25) is 0 Å². The zero-order chi connectivity index (χ0) is 17.7. The van der Waals surface area contributed by atoms with Gasteiger partial charge in [0.2, 0.25) is 0 Å². The van der Waals surface area contributed by atoms with Crippen LogP contribution in [0.1, 0.15) is 52.9 Å². The molecule has 0 unspecified atom stereocenters. The van der Waals surface area contributed by atoms with Gasteiger partial charge in [0, 0.05) is 11.7 Å². The van der Waals surface area contributed by atoms with Crippen LogP contribution in [0.3, 0.4) is 0 Å². The molecule has 0 fully saturated rings. The summed E-state index contributed by atoms with van der Waals surface area (Å²) in [6, 6.07) is 10.8. The van der Waals surface area contributed by atoms with E-state index in [2.05, 4.69) is 15.6 Å². The highest BCUT2D eigenvalue weighted by molar-refractivity contribution is 6.04. The number of amides is 2. The van der Waals surface area contributed by atoms with Gasteiger partial charge in [0.1, 0.15) is 11.4 Å². The molecule has 2 amide bonds. The van der Waals surface area contributed by atoms with Crippen molar-refractivity contribution in [3.8, 4) is 0 Å². The van der Waals surface area contributed by atoms with Gasteiger partial charge in [0.05, 0.1) is 0 Å². The minimum Gasteiger partial charge on any atom is -0.349 e. The lowest BCUT2D eigenvalue weighted by molar-refractivity contribution is 0.0938. The minimum atomic E-state index is -0.321. The van der Waals surface area contributed by atoms with E-state index in [0.717, 1.165) is 23.2 Å². The van der Waals surface area contributed by atoms with Gasteiger partial charge in [-0.2, -0.15) is 0 Å². The van der Waals surface area contributed by atoms with Gasteiger partial charge >= 0.3 is 0 Å². The molecule has 0 atom stereocenters. The Morgan fingerprint density at radius 1 is 1.04 bits per heavy atom. The molecule has 0 saturated carbocycles. The van der Waals surface area contributed by atoms with Crippen molar-refractivity contribution in [2.24, 2.45) is 0 Å². The summed E-state index contributed by atoms with van der Waals surface area (Å²) in [5.41, 5.74) is 3.32. The number of nitrogens with zero attached hydrogens (tertiary/aromatic N) is 1. The van der Waals surface area contributed by atoms with Gasteiger partial charge in [-0.05, 0) is 50.5 Å². The molecule has 1 heterocycles. The van der Waals surface area contributed by atoms with Crippen molar-refractivity contribution in [1.82, 2.24) is 10.3 Å². The SMILES string of the molecule is CCc1cccc(C)c1NC(=O)c1cccc(C(=O)NC(C)C)n1. The third-order valence-corrected chi connectivity index (χ3v) is 3.61. The first-order chi connectivity index (χ1) is 11.4. The summed E-state index contributed by atoms with van der Waals surface area (Å²) in [6.07, 6.45) is 0.821. The standard InChI is InChI=1S/C19H23N3O2/c1-5-14-9-6-8-13(4)17(14)22-19(24)16-11-7-10-15(21-16)18(23)20-12(2)3/h6-12H,5H2,1-4H3,(H,20,23)(H,22,24). The van der Waals surface area contributed by atoms with E-state index >= 15 is 0 Å². The van der Waals surface area contributed by atoms with E-state index in [4.69, 9.17) is 0 Å². The molecule has 1 aromatic heterocycles. The first-order valence-corrected chi connectivity index (χ1v) is 8.10. The van der Waals surface area contributed by atoms with Gasteiger partial charge in [-0.3, -0.25) is 9.59 Å². The van der Waals surface area contributed by atoms with Crippen LogP contribution in [0, 0.1) is 6.92 Å². The lowest BCUT2D eigenvalue weighted by Gasteiger charge is -2.13. The highest BCUT2D eigenvalue weighted by Crippen LogP contribution is 2.21. The Kier molecular flexibility index (Phi) is 5.68. The summed E-state index contributed by atoms with van der Waals surface area (Å²) in [6.45, 7) is 7.74. The number of para-hydroxylation sites is 1. The van der Waals surface area contributed by atoms with E-state index in [1.807, 2.05) is 45.9 Å². The molecule has 0 aliphatic carbocycles. The lowest BCUT2D eigenvalue weighted by Crippen LogP contribution is -2.31. The van der Waals surface area contributed by atoms with E-state index in [-0.39, 0.29) is 29.2 Å². The molecule has 2 N–H and O–H groups in total. The predicted molar refractivity (Wildman–Crippen MR) is 95.3 cm³/mol. The molecule has 0 radical (unpaired) electrons. The fourth-order valence-electron chi connectivity index (χ4n) is 2.40. The fourth-order valence-corrected chi connectivity index (χ4v) is 2.40.